The number of anilines is 1. The summed E-state index contributed by atoms with van der Waals surface area (Å²) >= 11 is 5.04. The second kappa shape index (κ2) is 6.60. The SMILES string of the molecule is NCC(CC(=O)Nc1cc2cc[nH]c2cn1)c1ccc(Br)s1. The number of pyridine rings is 1. The van der Waals surface area contributed by atoms with Gasteiger partial charge in [-0.15, -0.1) is 11.3 Å². The number of carbonyl (C=O) groups excluding carboxylic acids is 1. The van der Waals surface area contributed by atoms with E-state index in [-0.39, 0.29) is 11.8 Å². The Balaban J connectivity index is 1.68. The lowest BCUT2D eigenvalue weighted by Gasteiger charge is -2.12. The van der Waals surface area contributed by atoms with E-state index in [1.54, 1.807) is 17.5 Å². The zero-order chi connectivity index (χ0) is 15.5. The van der Waals surface area contributed by atoms with E-state index < -0.39 is 0 Å². The molecule has 3 aromatic heterocycles. The van der Waals surface area contributed by atoms with Crippen molar-refractivity contribution in [2.45, 2.75) is 12.3 Å². The summed E-state index contributed by atoms with van der Waals surface area (Å²) in [7, 11) is 0. The summed E-state index contributed by atoms with van der Waals surface area (Å²) in [5.74, 6) is 0.495. The Kier molecular flexibility index (Phi) is 4.56. The molecule has 114 valence electrons. The van der Waals surface area contributed by atoms with Crippen LogP contribution in [0.5, 0.6) is 0 Å². The largest absolute Gasteiger partial charge is 0.360 e. The molecular weight excluding hydrogens is 364 g/mol. The summed E-state index contributed by atoms with van der Waals surface area (Å²) in [5.41, 5.74) is 6.75. The van der Waals surface area contributed by atoms with Gasteiger partial charge in [0.25, 0.3) is 0 Å². The number of thiophene rings is 1. The second-order valence-corrected chi connectivity index (χ2v) is 7.46. The first-order valence-electron chi connectivity index (χ1n) is 6.84. The molecule has 0 aliphatic heterocycles. The van der Waals surface area contributed by atoms with Crippen LogP contribution in [0.4, 0.5) is 5.82 Å². The lowest BCUT2D eigenvalue weighted by molar-refractivity contribution is -0.116. The summed E-state index contributed by atoms with van der Waals surface area (Å²) in [5, 5.41) is 3.86. The van der Waals surface area contributed by atoms with Crippen molar-refractivity contribution in [3.05, 3.63) is 45.3 Å². The third-order valence-corrected chi connectivity index (χ3v) is 5.20. The maximum Gasteiger partial charge on any atom is 0.226 e. The quantitative estimate of drug-likeness (QED) is 0.635. The van der Waals surface area contributed by atoms with Crippen molar-refractivity contribution >= 4 is 49.9 Å². The molecule has 0 aromatic carbocycles. The van der Waals surface area contributed by atoms with Gasteiger partial charge in [-0.1, -0.05) is 0 Å². The first-order valence-corrected chi connectivity index (χ1v) is 8.45. The first-order chi connectivity index (χ1) is 10.7. The molecule has 0 aliphatic carbocycles. The number of amides is 1. The van der Waals surface area contributed by atoms with Crippen LogP contribution in [-0.4, -0.2) is 22.4 Å². The molecule has 1 amide bonds. The monoisotopic (exact) mass is 378 g/mol. The van der Waals surface area contributed by atoms with Crippen LogP contribution in [0.1, 0.15) is 17.2 Å². The molecule has 0 spiro atoms. The van der Waals surface area contributed by atoms with Gasteiger partial charge in [0.1, 0.15) is 5.82 Å². The minimum Gasteiger partial charge on any atom is -0.360 e. The van der Waals surface area contributed by atoms with Crippen molar-refractivity contribution in [1.82, 2.24) is 9.97 Å². The number of nitrogens with zero attached hydrogens (tertiary/aromatic N) is 1. The van der Waals surface area contributed by atoms with Crippen LogP contribution in [0.3, 0.4) is 0 Å². The van der Waals surface area contributed by atoms with Gasteiger partial charge in [-0.25, -0.2) is 4.98 Å². The van der Waals surface area contributed by atoms with Crippen LogP contribution in [0, 0.1) is 0 Å². The average Bonchev–Trinajstić information content (AvgIpc) is 3.13. The maximum atomic E-state index is 12.2. The molecule has 1 unspecified atom stereocenters. The summed E-state index contributed by atoms with van der Waals surface area (Å²) in [4.78, 5) is 20.6. The topological polar surface area (TPSA) is 83.8 Å². The molecule has 0 bridgehead atoms. The molecule has 7 heteroatoms. The molecule has 0 aliphatic rings. The van der Waals surface area contributed by atoms with Crippen molar-refractivity contribution in [3.8, 4) is 0 Å². The highest BCUT2D eigenvalue weighted by molar-refractivity contribution is 9.11. The van der Waals surface area contributed by atoms with E-state index in [4.69, 9.17) is 5.73 Å². The highest BCUT2D eigenvalue weighted by Crippen LogP contribution is 2.30. The molecule has 0 saturated carbocycles. The molecule has 22 heavy (non-hydrogen) atoms. The van der Waals surface area contributed by atoms with E-state index in [1.807, 2.05) is 30.5 Å². The third kappa shape index (κ3) is 3.37. The molecular formula is C15H15BrN4OS. The van der Waals surface area contributed by atoms with Crippen molar-refractivity contribution < 1.29 is 4.79 Å². The number of aromatic nitrogens is 2. The van der Waals surface area contributed by atoms with E-state index in [2.05, 4.69) is 31.2 Å². The van der Waals surface area contributed by atoms with Gasteiger partial charge >= 0.3 is 0 Å². The van der Waals surface area contributed by atoms with Gasteiger partial charge in [0.05, 0.1) is 15.5 Å². The normalized spacial score (nSPS) is 12.5. The molecule has 3 aromatic rings. The number of hydrogen-bond acceptors (Lipinski definition) is 4. The van der Waals surface area contributed by atoms with Crippen LogP contribution in [0.15, 0.2) is 40.4 Å². The van der Waals surface area contributed by atoms with Crippen LogP contribution in [0.2, 0.25) is 0 Å². The molecule has 3 rings (SSSR count). The van der Waals surface area contributed by atoms with E-state index >= 15 is 0 Å². The Morgan fingerprint density at radius 1 is 1.45 bits per heavy atom. The van der Waals surface area contributed by atoms with Gasteiger partial charge in [-0.2, -0.15) is 0 Å². The number of hydrogen-bond donors (Lipinski definition) is 3. The fourth-order valence-corrected chi connectivity index (χ4v) is 3.82. The van der Waals surface area contributed by atoms with Gasteiger partial charge in [0.15, 0.2) is 0 Å². The number of nitrogens with two attached hydrogens (primary N) is 1. The fraction of sp³-hybridized carbons (Fsp3) is 0.200. The first kappa shape index (κ1) is 15.2. The van der Waals surface area contributed by atoms with Gasteiger partial charge in [-0.05, 0) is 40.2 Å². The number of carbonyl (C=O) groups is 1. The molecule has 5 nitrogen and oxygen atoms in total. The Labute approximate surface area is 140 Å². The van der Waals surface area contributed by atoms with Crippen molar-refractivity contribution in [2.24, 2.45) is 5.73 Å². The van der Waals surface area contributed by atoms with Gasteiger partial charge in [0, 0.05) is 35.3 Å². The lowest BCUT2D eigenvalue weighted by atomic mass is 10.0. The average molecular weight is 379 g/mol. The molecule has 4 N–H and O–H groups in total. The number of fused-ring (bicyclic) bond motifs is 1. The molecule has 3 heterocycles. The van der Waals surface area contributed by atoms with Gasteiger partial charge < -0.3 is 16.0 Å². The molecule has 1 atom stereocenters. The van der Waals surface area contributed by atoms with Crippen molar-refractivity contribution in [2.75, 3.05) is 11.9 Å². The predicted molar refractivity (Wildman–Crippen MR) is 93.2 cm³/mol. The zero-order valence-electron chi connectivity index (χ0n) is 11.7. The number of H-pyrrole nitrogens is 1. The zero-order valence-corrected chi connectivity index (χ0v) is 14.1. The molecule has 0 saturated heterocycles. The number of halogens is 1. The minimum atomic E-state index is -0.0811. The molecule has 0 fully saturated rings. The number of rotatable bonds is 5. The predicted octanol–water partition coefficient (Wildman–Crippen LogP) is 3.46. The Morgan fingerprint density at radius 2 is 2.32 bits per heavy atom. The minimum absolute atomic E-state index is 0.0206. The summed E-state index contributed by atoms with van der Waals surface area (Å²) in [6.45, 7) is 0.435. The fourth-order valence-electron chi connectivity index (χ4n) is 2.28. The Hall–Kier alpha value is -1.70. The lowest BCUT2D eigenvalue weighted by Crippen LogP contribution is -2.20. The Bertz CT molecular complexity index is 798. The third-order valence-electron chi connectivity index (χ3n) is 3.42. The standard InChI is InChI=1S/C15H15BrN4OS/c16-13-2-1-12(22-13)10(7-17)6-15(21)20-14-5-9-3-4-18-11(9)8-19-14/h1-5,8,10,18H,6-7,17H2,(H,19,20,21). The van der Waals surface area contributed by atoms with Gasteiger partial charge in [0.2, 0.25) is 5.91 Å². The van der Waals surface area contributed by atoms with Crippen molar-refractivity contribution in [1.29, 1.82) is 0 Å². The van der Waals surface area contributed by atoms with Crippen LogP contribution in [0.25, 0.3) is 10.9 Å². The van der Waals surface area contributed by atoms with Crippen LogP contribution < -0.4 is 11.1 Å². The van der Waals surface area contributed by atoms with Crippen LogP contribution in [-0.2, 0) is 4.79 Å². The van der Waals surface area contributed by atoms with Crippen LogP contribution >= 0.6 is 27.3 Å². The Morgan fingerprint density at radius 3 is 3.05 bits per heavy atom. The van der Waals surface area contributed by atoms with E-state index in [0.29, 0.717) is 18.8 Å². The van der Waals surface area contributed by atoms with E-state index in [9.17, 15) is 4.79 Å². The maximum absolute atomic E-state index is 12.2. The highest BCUT2D eigenvalue weighted by atomic mass is 79.9. The van der Waals surface area contributed by atoms with Gasteiger partial charge in [-0.3, -0.25) is 4.79 Å². The van der Waals surface area contributed by atoms with E-state index in [1.165, 1.54) is 0 Å². The van der Waals surface area contributed by atoms with E-state index in [0.717, 1.165) is 19.6 Å². The highest BCUT2D eigenvalue weighted by Gasteiger charge is 2.17. The summed E-state index contributed by atoms with van der Waals surface area (Å²) < 4.78 is 1.04. The smallest absolute Gasteiger partial charge is 0.226 e. The summed E-state index contributed by atoms with van der Waals surface area (Å²) in [6, 6.07) is 7.77. The number of nitrogens with one attached hydrogen (secondary N) is 2. The second-order valence-electron chi connectivity index (χ2n) is 4.96. The van der Waals surface area contributed by atoms with Crippen molar-refractivity contribution in [3.63, 3.8) is 0 Å². The summed E-state index contributed by atoms with van der Waals surface area (Å²) in [6.07, 6.45) is 3.90. The molecule has 0 radical (unpaired) electrons. The number of aromatic amines is 1.